The molecule has 0 aliphatic carbocycles. The van der Waals surface area contributed by atoms with Gasteiger partial charge in [0, 0.05) is 20.3 Å². The van der Waals surface area contributed by atoms with Crippen LogP contribution in [0.4, 0.5) is 5.69 Å². The molecule has 0 saturated heterocycles. The Morgan fingerprint density at radius 2 is 1.90 bits per heavy atom. The van der Waals surface area contributed by atoms with Crippen LogP contribution in [0.3, 0.4) is 0 Å². The zero-order valence-corrected chi connectivity index (χ0v) is 12.8. The van der Waals surface area contributed by atoms with E-state index in [1.807, 2.05) is 0 Å². The number of carbonyl (C=O) groups excluding carboxylic acids is 3. The van der Waals surface area contributed by atoms with Crippen LogP contribution in [-0.2, 0) is 25.5 Å². The van der Waals surface area contributed by atoms with Crippen molar-refractivity contribution in [2.45, 2.75) is 26.3 Å². The third-order valence-corrected chi connectivity index (χ3v) is 2.96. The third-order valence-electron chi connectivity index (χ3n) is 2.65. The number of esters is 1. The molecule has 0 radical (unpaired) electrons. The van der Waals surface area contributed by atoms with Gasteiger partial charge in [0.15, 0.2) is 0 Å². The van der Waals surface area contributed by atoms with Gasteiger partial charge in [-0.3, -0.25) is 9.59 Å². The second kappa shape index (κ2) is 7.64. The maximum atomic E-state index is 11.6. The molecule has 7 heteroatoms. The van der Waals surface area contributed by atoms with Crippen molar-refractivity contribution in [3.8, 4) is 0 Å². The third kappa shape index (κ3) is 5.43. The van der Waals surface area contributed by atoms with E-state index >= 15 is 0 Å². The van der Waals surface area contributed by atoms with E-state index in [1.165, 1.54) is 21.0 Å². The van der Waals surface area contributed by atoms with Crippen LogP contribution >= 0.6 is 11.6 Å². The highest BCUT2D eigenvalue weighted by molar-refractivity contribution is 6.33. The Balaban J connectivity index is 2.89. The van der Waals surface area contributed by atoms with Gasteiger partial charge in [0.2, 0.25) is 11.8 Å². The number of hydrogen-bond acceptors (Lipinski definition) is 4. The van der Waals surface area contributed by atoms with Gasteiger partial charge in [0.25, 0.3) is 0 Å². The van der Waals surface area contributed by atoms with Crippen molar-refractivity contribution in [1.82, 2.24) is 5.32 Å². The summed E-state index contributed by atoms with van der Waals surface area (Å²) in [4.78, 5) is 33.7. The molecule has 1 aromatic carbocycles. The molecular weight excluding hydrogens is 296 g/mol. The van der Waals surface area contributed by atoms with Crippen molar-refractivity contribution in [3.05, 3.63) is 28.8 Å². The Hall–Kier alpha value is -2.08. The topological polar surface area (TPSA) is 84.5 Å². The summed E-state index contributed by atoms with van der Waals surface area (Å²) in [5.41, 5.74) is 1.22. The van der Waals surface area contributed by atoms with E-state index in [9.17, 15) is 14.4 Å². The van der Waals surface area contributed by atoms with Crippen molar-refractivity contribution in [2.75, 3.05) is 12.4 Å². The van der Waals surface area contributed by atoms with Gasteiger partial charge in [-0.2, -0.15) is 0 Å². The van der Waals surface area contributed by atoms with E-state index in [-0.39, 0.29) is 18.2 Å². The Kier molecular flexibility index (Phi) is 6.17. The fourth-order valence-electron chi connectivity index (χ4n) is 1.79. The molecule has 1 unspecified atom stereocenters. The molecule has 1 aromatic rings. The monoisotopic (exact) mass is 312 g/mol. The summed E-state index contributed by atoms with van der Waals surface area (Å²) in [6.45, 7) is 2.71. The average Bonchev–Trinajstić information content (AvgIpc) is 2.39. The van der Waals surface area contributed by atoms with Gasteiger partial charge in [0.1, 0.15) is 6.04 Å². The summed E-state index contributed by atoms with van der Waals surface area (Å²) in [5.74, 6) is -1.09. The van der Waals surface area contributed by atoms with Crippen LogP contribution < -0.4 is 10.6 Å². The van der Waals surface area contributed by atoms with E-state index in [4.69, 9.17) is 11.6 Å². The number of amides is 2. The van der Waals surface area contributed by atoms with Crippen molar-refractivity contribution >= 4 is 35.1 Å². The van der Waals surface area contributed by atoms with Crippen LogP contribution in [0.2, 0.25) is 5.02 Å². The number of rotatable bonds is 5. The second-order valence-corrected chi connectivity index (χ2v) is 4.88. The molecule has 2 N–H and O–H groups in total. The lowest BCUT2D eigenvalue weighted by molar-refractivity contribution is -0.144. The number of methoxy groups -OCH3 is 1. The molecule has 1 rings (SSSR count). The van der Waals surface area contributed by atoms with Crippen molar-refractivity contribution < 1.29 is 19.1 Å². The van der Waals surface area contributed by atoms with E-state index in [0.717, 1.165) is 5.56 Å². The van der Waals surface area contributed by atoms with Gasteiger partial charge in [-0.15, -0.1) is 0 Å². The quantitative estimate of drug-likeness (QED) is 0.807. The first kappa shape index (κ1) is 17.0. The van der Waals surface area contributed by atoms with E-state index < -0.39 is 12.0 Å². The van der Waals surface area contributed by atoms with Gasteiger partial charge in [-0.1, -0.05) is 17.7 Å². The zero-order valence-electron chi connectivity index (χ0n) is 12.0. The molecule has 1 atom stereocenters. The maximum Gasteiger partial charge on any atom is 0.328 e. The molecule has 2 amide bonds. The maximum absolute atomic E-state index is 11.6. The largest absolute Gasteiger partial charge is 0.467 e. The number of anilines is 1. The summed E-state index contributed by atoms with van der Waals surface area (Å²) in [5, 5.41) is 5.46. The number of halogens is 1. The summed E-state index contributed by atoms with van der Waals surface area (Å²) < 4.78 is 4.65. The summed E-state index contributed by atoms with van der Waals surface area (Å²) in [7, 11) is 1.25. The SMILES string of the molecule is COC(=O)C(Cc1ccc(NC(C)=O)c(Cl)c1)NC(C)=O. The Morgan fingerprint density at radius 1 is 1.24 bits per heavy atom. The standard InChI is InChI=1S/C14H17ClN2O4/c1-8(18)16-12-5-4-10(6-11(12)15)7-13(14(20)21-3)17-9(2)19/h4-6,13H,7H2,1-3H3,(H,16,18)(H,17,19). The lowest BCUT2D eigenvalue weighted by Crippen LogP contribution is -2.41. The van der Waals surface area contributed by atoms with E-state index in [0.29, 0.717) is 10.7 Å². The fourth-order valence-corrected chi connectivity index (χ4v) is 2.04. The minimum absolute atomic E-state index is 0.227. The van der Waals surface area contributed by atoms with Crippen LogP contribution in [0.15, 0.2) is 18.2 Å². The smallest absolute Gasteiger partial charge is 0.328 e. The highest BCUT2D eigenvalue weighted by Crippen LogP contribution is 2.23. The molecule has 0 heterocycles. The minimum atomic E-state index is -0.782. The van der Waals surface area contributed by atoms with Crippen LogP contribution in [0.25, 0.3) is 0 Å². The Morgan fingerprint density at radius 3 is 2.38 bits per heavy atom. The fraction of sp³-hybridized carbons (Fsp3) is 0.357. The first-order valence-corrected chi connectivity index (χ1v) is 6.62. The molecule has 0 bridgehead atoms. The van der Waals surface area contributed by atoms with Gasteiger partial charge >= 0.3 is 5.97 Å². The molecule has 0 aliphatic heterocycles. The van der Waals surface area contributed by atoms with Crippen molar-refractivity contribution in [1.29, 1.82) is 0 Å². The second-order valence-electron chi connectivity index (χ2n) is 4.48. The molecule has 0 aliphatic rings. The number of nitrogens with one attached hydrogen (secondary N) is 2. The molecule has 21 heavy (non-hydrogen) atoms. The lowest BCUT2D eigenvalue weighted by Gasteiger charge is -2.16. The van der Waals surface area contributed by atoms with E-state index in [2.05, 4.69) is 15.4 Å². The van der Waals surface area contributed by atoms with Crippen LogP contribution in [0.1, 0.15) is 19.4 Å². The number of benzene rings is 1. The summed E-state index contributed by atoms with van der Waals surface area (Å²) >= 11 is 6.06. The van der Waals surface area contributed by atoms with Crippen LogP contribution in [-0.4, -0.2) is 30.9 Å². The Bertz CT molecular complexity index is 560. The highest BCUT2D eigenvalue weighted by Gasteiger charge is 2.20. The number of hydrogen-bond donors (Lipinski definition) is 2. The molecule has 0 fully saturated rings. The normalized spacial score (nSPS) is 11.4. The van der Waals surface area contributed by atoms with E-state index in [1.54, 1.807) is 18.2 Å². The summed E-state index contributed by atoms with van der Waals surface area (Å²) in [6, 6.07) is 4.20. The predicted molar refractivity (Wildman–Crippen MR) is 79.1 cm³/mol. The Labute approximate surface area is 127 Å². The highest BCUT2D eigenvalue weighted by atomic mass is 35.5. The molecular formula is C14H17ClN2O4. The molecule has 0 aromatic heterocycles. The lowest BCUT2D eigenvalue weighted by atomic mass is 10.1. The first-order chi connectivity index (χ1) is 9.83. The molecule has 6 nitrogen and oxygen atoms in total. The number of carbonyl (C=O) groups is 3. The summed E-state index contributed by atoms with van der Waals surface area (Å²) in [6.07, 6.45) is 0.242. The first-order valence-electron chi connectivity index (χ1n) is 6.24. The van der Waals surface area contributed by atoms with Crippen LogP contribution in [0.5, 0.6) is 0 Å². The molecule has 0 spiro atoms. The molecule has 0 saturated carbocycles. The van der Waals surface area contributed by atoms with Crippen LogP contribution in [0, 0.1) is 0 Å². The zero-order chi connectivity index (χ0) is 16.0. The van der Waals surface area contributed by atoms with Gasteiger partial charge in [0.05, 0.1) is 17.8 Å². The predicted octanol–water partition coefficient (Wildman–Crippen LogP) is 1.52. The van der Waals surface area contributed by atoms with Gasteiger partial charge in [-0.05, 0) is 17.7 Å². The number of ether oxygens (including phenoxy) is 1. The van der Waals surface area contributed by atoms with Gasteiger partial charge < -0.3 is 15.4 Å². The van der Waals surface area contributed by atoms with Crippen molar-refractivity contribution in [2.24, 2.45) is 0 Å². The average molecular weight is 313 g/mol. The minimum Gasteiger partial charge on any atom is -0.467 e. The van der Waals surface area contributed by atoms with Crippen molar-refractivity contribution in [3.63, 3.8) is 0 Å². The molecule has 114 valence electrons. The van der Waals surface area contributed by atoms with Gasteiger partial charge in [-0.25, -0.2) is 4.79 Å².